The Kier molecular flexibility index (Phi) is 3.13. The number of benzene rings is 2. The molecule has 0 spiro atoms. The van der Waals surface area contributed by atoms with Crippen molar-refractivity contribution < 1.29 is 9.59 Å². The number of nitrogens with zero attached hydrogens (tertiary/aromatic N) is 1. The maximum atomic E-state index is 12.6. The molecule has 0 aliphatic carbocycles. The van der Waals surface area contributed by atoms with Gasteiger partial charge >= 0.3 is 0 Å². The molecule has 112 valence electrons. The first-order valence-electron chi connectivity index (χ1n) is 7.08. The van der Waals surface area contributed by atoms with E-state index in [2.05, 4.69) is 0 Å². The minimum absolute atomic E-state index is 0.0163. The number of carbonyl (C=O) groups is 2. The molecular formula is C17H17N3O2. The lowest BCUT2D eigenvalue weighted by molar-refractivity contribution is 0.0865. The number of amides is 1. The predicted octanol–water partition coefficient (Wildman–Crippen LogP) is 2.77. The third kappa shape index (κ3) is 1.94. The van der Waals surface area contributed by atoms with Gasteiger partial charge in [0.1, 0.15) is 0 Å². The third-order valence-electron chi connectivity index (χ3n) is 3.82. The molecule has 0 unspecified atom stereocenters. The molecule has 2 aromatic carbocycles. The minimum Gasteiger partial charge on any atom is -0.398 e. The van der Waals surface area contributed by atoms with Gasteiger partial charge in [-0.1, -0.05) is 32.0 Å². The van der Waals surface area contributed by atoms with Gasteiger partial charge in [-0.2, -0.15) is 0 Å². The number of carbonyl (C=O) groups excluding carboxylic acids is 2. The van der Waals surface area contributed by atoms with Crippen molar-refractivity contribution in [3.05, 3.63) is 42.0 Å². The second-order valence-corrected chi connectivity index (χ2v) is 5.67. The molecule has 0 radical (unpaired) electrons. The van der Waals surface area contributed by atoms with Crippen LogP contribution >= 0.6 is 0 Å². The second kappa shape index (κ2) is 4.87. The fraction of sp³-hybridized carbons (Fsp3) is 0.176. The Hall–Kier alpha value is -2.82. The zero-order valence-electron chi connectivity index (χ0n) is 12.5. The summed E-state index contributed by atoms with van der Waals surface area (Å²) in [5.41, 5.74) is 13.3. The lowest BCUT2D eigenvalue weighted by Crippen LogP contribution is -2.17. The molecule has 0 saturated carbocycles. The number of hydrogen-bond acceptors (Lipinski definition) is 3. The van der Waals surface area contributed by atoms with Crippen molar-refractivity contribution in [2.24, 2.45) is 11.7 Å². The Bertz CT molecular complexity index is 922. The first-order valence-corrected chi connectivity index (χ1v) is 7.08. The van der Waals surface area contributed by atoms with Crippen molar-refractivity contribution >= 4 is 39.3 Å². The van der Waals surface area contributed by atoms with Crippen molar-refractivity contribution in [3.63, 3.8) is 0 Å². The number of rotatable bonds is 2. The highest BCUT2D eigenvalue weighted by Crippen LogP contribution is 2.32. The van der Waals surface area contributed by atoms with E-state index in [9.17, 15) is 9.59 Å². The molecule has 3 rings (SSSR count). The van der Waals surface area contributed by atoms with E-state index in [0.717, 1.165) is 16.3 Å². The largest absolute Gasteiger partial charge is 0.398 e. The van der Waals surface area contributed by atoms with E-state index < -0.39 is 5.91 Å². The van der Waals surface area contributed by atoms with Gasteiger partial charge < -0.3 is 11.5 Å². The lowest BCUT2D eigenvalue weighted by atomic mass is 10.1. The summed E-state index contributed by atoms with van der Waals surface area (Å²) in [5, 5.41) is 1.70. The van der Waals surface area contributed by atoms with Crippen LogP contribution in [0.3, 0.4) is 0 Å². The fourth-order valence-corrected chi connectivity index (χ4v) is 2.74. The topological polar surface area (TPSA) is 91.1 Å². The SMILES string of the molecule is CC(C)C(=O)n1c2ccccc2c2cc(C(N)=O)c(N)cc21. The zero-order chi connectivity index (χ0) is 16.0. The van der Waals surface area contributed by atoms with E-state index >= 15 is 0 Å². The molecule has 5 nitrogen and oxygen atoms in total. The molecule has 0 aliphatic rings. The highest BCUT2D eigenvalue weighted by atomic mass is 16.2. The average molecular weight is 295 g/mol. The van der Waals surface area contributed by atoms with E-state index in [-0.39, 0.29) is 23.1 Å². The van der Waals surface area contributed by atoms with Crippen molar-refractivity contribution in [3.8, 4) is 0 Å². The molecule has 0 atom stereocenters. The summed E-state index contributed by atoms with van der Waals surface area (Å²) in [5.74, 6) is -0.750. The van der Waals surface area contributed by atoms with E-state index in [1.165, 1.54) is 0 Å². The van der Waals surface area contributed by atoms with E-state index in [1.54, 1.807) is 16.7 Å². The normalized spacial score (nSPS) is 11.4. The summed E-state index contributed by atoms with van der Waals surface area (Å²) in [6.07, 6.45) is 0. The van der Waals surface area contributed by atoms with Crippen LogP contribution in [0.15, 0.2) is 36.4 Å². The number of fused-ring (bicyclic) bond motifs is 3. The zero-order valence-corrected chi connectivity index (χ0v) is 12.5. The summed E-state index contributed by atoms with van der Waals surface area (Å²) in [6, 6.07) is 10.9. The van der Waals surface area contributed by atoms with Crippen LogP contribution in [0.2, 0.25) is 0 Å². The van der Waals surface area contributed by atoms with Gasteiger partial charge in [0.05, 0.1) is 16.6 Å². The lowest BCUT2D eigenvalue weighted by Gasteiger charge is -2.09. The average Bonchev–Trinajstić information content (AvgIpc) is 2.78. The minimum atomic E-state index is -0.577. The highest BCUT2D eigenvalue weighted by molar-refractivity contribution is 6.16. The maximum Gasteiger partial charge on any atom is 0.250 e. The fourth-order valence-electron chi connectivity index (χ4n) is 2.74. The molecule has 1 amide bonds. The molecular weight excluding hydrogens is 278 g/mol. The number of para-hydroxylation sites is 1. The van der Waals surface area contributed by atoms with Gasteiger partial charge in [0.25, 0.3) is 5.91 Å². The highest BCUT2D eigenvalue weighted by Gasteiger charge is 2.20. The molecule has 3 aromatic rings. The van der Waals surface area contributed by atoms with Crippen LogP contribution in [0, 0.1) is 5.92 Å². The summed E-state index contributed by atoms with van der Waals surface area (Å²) >= 11 is 0. The Balaban J connectivity index is 2.50. The van der Waals surface area contributed by atoms with E-state index in [0.29, 0.717) is 5.52 Å². The number of anilines is 1. The molecule has 0 bridgehead atoms. The third-order valence-corrected chi connectivity index (χ3v) is 3.82. The summed E-state index contributed by atoms with van der Waals surface area (Å²) in [6.45, 7) is 3.70. The first-order chi connectivity index (χ1) is 10.4. The smallest absolute Gasteiger partial charge is 0.250 e. The van der Waals surface area contributed by atoms with Crippen LogP contribution in [-0.2, 0) is 0 Å². The van der Waals surface area contributed by atoms with Crippen molar-refractivity contribution in [2.45, 2.75) is 13.8 Å². The van der Waals surface area contributed by atoms with Crippen LogP contribution < -0.4 is 11.5 Å². The summed E-state index contributed by atoms with van der Waals surface area (Å²) in [4.78, 5) is 24.1. The van der Waals surface area contributed by atoms with Crippen LogP contribution in [0.1, 0.15) is 29.0 Å². The second-order valence-electron chi connectivity index (χ2n) is 5.67. The Morgan fingerprint density at radius 1 is 1.05 bits per heavy atom. The molecule has 0 fully saturated rings. The molecule has 1 aromatic heterocycles. The van der Waals surface area contributed by atoms with Crippen LogP contribution in [0.4, 0.5) is 5.69 Å². The van der Waals surface area contributed by atoms with Crippen LogP contribution in [-0.4, -0.2) is 16.4 Å². The Morgan fingerprint density at radius 2 is 1.73 bits per heavy atom. The monoisotopic (exact) mass is 295 g/mol. The summed E-state index contributed by atoms with van der Waals surface area (Å²) < 4.78 is 1.66. The van der Waals surface area contributed by atoms with Gasteiger partial charge in [0.15, 0.2) is 0 Å². The number of nitrogen functional groups attached to an aromatic ring is 1. The molecule has 0 saturated heterocycles. The van der Waals surface area contributed by atoms with E-state index in [1.807, 2.05) is 38.1 Å². The van der Waals surface area contributed by atoms with Gasteiger partial charge in [-0.3, -0.25) is 14.2 Å². The predicted molar refractivity (Wildman–Crippen MR) is 87.8 cm³/mol. The number of nitrogens with two attached hydrogens (primary N) is 2. The van der Waals surface area contributed by atoms with Gasteiger partial charge in [-0.15, -0.1) is 0 Å². The summed E-state index contributed by atoms with van der Waals surface area (Å²) in [7, 11) is 0. The quantitative estimate of drug-likeness (QED) is 0.712. The number of primary amides is 1. The van der Waals surface area contributed by atoms with Crippen LogP contribution in [0.5, 0.6) is 0 Å². The maximum absolute atomic E-state index is 12.6. The molecule has 5 heteroatoms. The van der Waals surface area contributed by atoms with Gasteiger partial charge in [-0.25, -0.2) is 0 Å². The van der Waals surface area contributed by atoms with Crippen LogP contribution in [0.25, 0.3) is 21.8 Å². The Labute approximate surface area is 127 Å². The number of hydrogen-bond donors (Lipinski definition) is 2. The first kappa shape index (κ1) is 14.1. The van der Waals surface area contributed by atoms with Crippen molar-refractivity contribution in [1.29, 1.82) is 0 Å². The van der Waals surface area contributed by atoms with Gasteiger partial charge in [0.2, 0.25) is 5.91 Å². The van der Waals surface area contributed by atoms with Gasteiger partial charge in [0, 0.05) is 22.4 Å². The van der Waals surface area contributed by atoms with Crippen molar-refractivity contribution in [1.82, 2.24) is 4.57 Å². The molecule has 1 heterocycles. The molecule has 22 heavy (non-hydrogen) atoms. The number of aromatic nitrogens is 1. The van der Waals surface area contributed by atoms with Gasteiger partial charge in [-0.05, 0) is 18.2 Å². The molecule has 0 aliphatic heterocycles. The Morgan fingerprint density at radius 3 is 2.36 bits per heavy atom. The van der Waals surface area contributed by atoms with E-state index in [4.69, 9.17) is 11.5 Å². The molecule has 4 N–H and O–H groups in total. The van der Waals surface area contributed by atoms with Crippen molar-refractivity contribution in [2.75, 3.05) is 5.73 Å². The standard InChI is InChI=1S/C17H17N3O2/c1-9(2)17(22)20-14-6-4-3-5-10(14)11-7-12(16(19)21)13(18)8-15(11)20/h3-9H,18H2,1-2H3,(H2,19,21).